The molecule has 4 nitrogen and oxygen atoms in total. The monoisotopic (exact) mass is 307 g/mol. The third kappa shape index (κ3) is 2.63. The van der Waals surface area contributed by atoms with E-state index in [1.54, 1.807) is 12.1 Å². The van der Waals surface area contributed by atoms with Crippen LogP contribution in [-0.4, -0.2) is 34.5 Å². The van der Waals surface area contributed by atoms with E-state index in [-0.39, 0.29) is 11.7 Å². The minimum absolute atomic E-state index is 0.274. The molecule has 1 N–H and O–H groups in total. The number of carbonyl (C=O) groups is 2. The van der Waals surface area contributed by atoms with Crippen molar-refractivity contribution in [3.63, 3.8) is 0 Å². The molecule has 1 atom stereocenters. The molecule has 3 rings (SSSR count). The molecule has 0 saturated carbocycles. The largest absolute Gasteiger partial charge is 0.480 e. The molecule has 2 aromatic rings. The molecule has 1 fully saturated rings. The summed E-state index contributed by atoms with van der Waals surface area (Å²) in [7, 11) is 0. The van der Waals surface area contributed by atoms with Crippen LogP contribution in [0.4, 0.5) is 4.39 Å². The van der Waals surface area contributed by atoms with E-state index < -0.39 is 12.0 Å². The molecule has 1 saturated heterocycles. The van der Waals surface area contributed by atoms with Crippen molar-refractivity contribution in [2.24, 2.45) is 0 Å². The minimum Gasteiger partial charge on any atom is -0.480 e. The van der Waals surface area contributed by atoms with Gasteiger partial charge in [-0.3, -0.25) is 4.79 Å². The number of piperidine rings is 1. The lowest BCUT2D eigenvalue weighted by Crippen LogP contribution is -2.47. The molecule has 2 heterocycles. The quantitative estimate of drug-likeness (QED) is 0.927. The van der Waals surface area contributed by atoms with Crippen molar-refractivity contribution in [1.29, 1.82) is 0 Å². The molecular formula is C15H14FNO3S. The maximum absolute atomic E-state index is 13.2. The van der Waals surface area contributed by atoms with Crippen molar-refractivity contribution in [3.8, 4) is 0 Å². The zero-order valence-corrected chi connectivity index (χ0v) is 12.0. The van der Waals surface area contributed by atoms with Gasteiger partial charge < -0.3 is 10.0 Å². The van der Waals surface area contributed by atoms with Crippen molar-refractivity contribution < 1.29 is 19.1 Å². The average Bonchev–Trinajstić information content (AvgIpc) is 2.89. The number of likely N-dealkylation sites (tertiary alicyclic amines) is 1. The molecule has 0 bridgehead atoms. The zero-order chi connectivity index (χ0) is 15.0. The molecule has 0 unspecified atom stereocenters. The fourth-order valence-corrected chi connectivity index (χ4v) is 3.73. The van der Waals surface area contributed by atoms with Gasteiger partial charge in [0, 0.05) is 11.2 Å². The van der Waals surface area contributed by atoms with Gasteiger partial charge in [0.2, 0.25) is 0 Å². The summed E-state index contributed by atoms with van der Waals surface area (Å²) in [6, 6.07) is 5.32. The number of halogens is 1. The van der Waals surface area contributed by atoms with E-state index >= 15 is 0 Å². The van der Waals surface area contributed by atoms with Gasteiger partial charge >= 0.3 is 5.97 Å². The van der Waals surface area contributed by atoms with Crippen molar-refractivity contribution >= 4 is 33.3 Å². The highest BCUT2D eigenvalue weighted by atomic mass is 32.1. The van der Waals surface area contributed by atoms with Crippen LogP contribution < -0.4 is 0 Å². The van der Waals surface area contributed by atoms with Crippen molar-refractivity contribution in [2.75, 3.05) is 6.54 Å². The first-order valence-electron chi connectivity index (χ1n) is 6.79. The summed E-state index contributed by atoms with van der Waals surface area (Å²) in [5.74, 6) is -1.58. The number of hydrogen-bond donors (Lipinski definition) is 1. The van der Waals surface area contributed by atoms with Crippen LogP contribution >= 0.6 is 11.3 Å². The predicted octanol–water partition coefficient (Wildman–Crippen LogP) is 3.12. The Labute approximate surface area is 124 Å². The fourth-order valence-electron chi connectivity index (χ4n) is 2.68. The first-order chi connectivity index (χ1) is 10.1. The van der Waals surface area contributed by atoms with E-state index in [1.165, 1.54) is 28.4 Å². The molecule has 6 heteroatoms. The lowest BCUT2D eigenvalue weighted by Gasteiger charge is -2.32. The van der Waals surface area contributed by atoms with E-state index in [0.717, 1.165) is 18.2 Å². The number of rotatable bonds is 2. The Morgan fingerprint density at radius 3 is 2.86 bits per heavy atom. The Morgan fingerprint density at radius 1 is 1.29 bits per heavy atom. The van der Waals surface area contributed by atoms with Crippen molar-refractivity contribution in [2.45, 2.75) is 25.3 Å². The number of nitrogens with zero attached hydrogens (tertiary/aromatic N) is 1. The number of aliphatic carboxylic acids is 1. The van der Waals surface area contributed by atoms with Crippen molar-refractivity contribution in [3.05, 3.63) is 35.0 Å². The van der Waals surface area contributed by atoms with Crippen LogP contribution in [-0.2, 0) is 4.79 Å². The number of amides is 1. The highest BCUT2D eigenvalue weighted by Gasteiger charge is 2.33. The molecule has 1 aliphatic rings. The van der Waals surface area contributed by atoms with Gasteiger partial charge in [0.25, 0.3) is 5.91 Å². The normalized spacial score (nSPS) is 18.9. The lowest BCUT2D eigenvalue weighted by atomic mass is 10.0. The van der Waals surface area contributed by atoms with Gasteiger partial charge in [-0.1, -0.05) is 6.07 Å². The third-order valence-corrected chi connectivity index (χ3v) is 4.83. The first-order valence-corrected chi connectivity index (χ1v) is 7.61. The Bertz CT molecular complexity index is 712. The minimum atomic E-state index is -0.963. The molecule has 0 spiro atoms. The van der Waals surface area contributed by atoms with E-state index in [4.69, 9.17) is 0 Å². The Morgan fingerprint density at radius 2 is 2.10 bits per heavy atom. The molecule has 0 radical (unpaired) electrons. The number of thiophene rings is 1. The van der Waals surface area contributed by atoms with Crippen LogP contribution in [0.5, 0.6) is 0 Å². The van der Waals surface area contributed by atoms with Gasteiger partial charge in [0.1, 0.15) is 11.9 Å². The SMILES string of the molecule is O=C(O)[C@H]1CCCCN1C(=O)c1cc2ccc(F)cc2s1. The van der Waals surface area contributed by atoms with Gasteiger partial charge in [-0.05, 0) is 42.8 Å². The molecule has 0 aliphatic carbocycles. The second-order valence-corrected chi connectivity index (χ2v) is 6.22. The number of carbonyl (C=O) groups excluding carboxylic acids is 1. The summed E-state index contributed by atoms with van der Waals surface area (Å²) in [5.41, 5.74) is 0. The van der Waals surface area contributed by atoms with Crippen LogP contribution in [0.2, 0.25) is 0 Å². The maximum atomic E-state index is 13.2. The highest BCUT2D eigenvalue weighted by Crippen LogP contribution is 2.29. The molecular weight excluding hydrogens is 293 g/mol. The molecule has 21 heavy (non-hydrogen) atoms. The summed E-state index contributed by atoms with van der Waals surface area (Å²) >= 11 is 1.20. The van der Waals surface area contributed by atoms with Crippen molar-refractivity contribution in [1.82, 2.24) is 4.90 Å². The molecule has 1 amide bonds. The summed E-state index contributed by atoms with van der Waals surface area (Å²) in [4.78, 5) is 25.7. The summed E-state index contributed by atoms with van der Waals surface area (Å²) in [6.07, 6.45) is 2.12. The summed E-state index contributed by atoms with van der Waals surface area (Å²) < 4.78 is 13.9. The van der Waals surface area contributed by atoms with Gasteiger partial charge in [-0.15, -0.1) is 11.3 Å². The summed E-state index contributed by atoms with van der Waals surface area (Å²) in [6.45, 7) is 0.457. The van der Waals surface area contributed by atoms with E-state index in [1.807, 2.05) is 0 Å². The van der Waals surface area contributed by atoms with Crippen LogP contribution in [0.1, 0.15) is 28.9 Å². The zero-order valence-electron chi connectivity index (χ0n) is 11.2. The second kappa shape index (κ2) is 5.44. The van der Waals surface area contributed by atoms with Crippen LogP contribution in [0.3, 0.4) is 0 Å². The number of carboxylic acids is 1. The molecule has 1 aromatic carbocycles. The number of hydrogen-bond acceptors (Lipinski definition) is 3. The lowest BCUT2D eigenvalue weighted by molar-refractivity contribution is -0.143. The number of carboxylic acid groups (broad SMARTS) is 1. The van der Waals surface area contributed by atoms with Crippen LogP contribution in [0.25, 0.3) is 10.1 Å². The Hall–Kier alpha value is -1.95. The van der Waals surface area contributed by atoms with E-state index in [2.05, 4.69) is 0 Å². The smallest absolute Gasteiger partial charge is 0.326 e. The molecule has 1 aliphatic heterocycles. The van der Waals surface area contributed by atoms with E-state index in [0.29, 0.717) is 22.5 Å². The molecule has 1 aromatic heterocycles. The third-order valence-electron chi connectivity index (χ3n) is 3.74. The van der Waals surface area contributed by atoms with Crippen LogP contribution in [0, 0.1) is 5.82 Å². The van der Waals surface area contributed by atoms with Gasteiger partial charge in [0.05, 0.1) is 4.88 Å². The second-order valence-electron chi connectivity index (χ2n) is 5.14. The van der Waals surface area contributed by atoms with Gasteiger partial charge in [0.15, 0.2) is 0 Å². The topological polar surface area (TPSA) is 57.6 Å². The maximum Gasteiger partial charge on any atom is 0.326 e. The Kier molecular flexibility index (Phi) is 3.63. The fraction of sp³-hybridized carbons (Fsp3) is 0.333. The summed E-state index contributed by atoms with van der Waals surface area (Å²) in [5, 5.41) is 10.0. The Balaban J connectivity index is 1.93. The number of fused-ring (bicyclic) bond motifs is 1. The number of benzene rings is 1. The average molecular weight is 307 g/mol. The van der Waals surface area contributed by atoms with Crippen LogP contribution in [0.15, 0.2) is 24.3 Å². The van der Waals surface area contributed by atoms with Gasteiger partial charge in [-0.25, -0.2) is 9.18 Å². The first kappa shape index (κ1) is 14.0. The van der Waals surface area contributed by atoms with E-state index in [9.17, 15) is 19.1 Å². The van der Waals surface area contributed by atoms with Gasteiger partial charge in [-0.2, -0.15) is 0 Å². The molecule has 110 valence electrons. The highest BCUT2D eigenvalue weighted by molar-refractivity contribution is 7.20. The standard InChI is InChI=1S/C15H14FNO3S/c16-10-5-4-9-7-13(21-12(9)8-10)14(18)17-6-2-1-3-11(17)15(19)20/h4-5,7-8,11H,1-3,6H2,(H,19,20)/t11-/m1/s1. The predicted molar refractivity (Wildman–Crippen MR) is 78.1 cm³/mol.